The van der Waals surface area contributed by atoms with Gasteiger partial charge >= 0.3 is 0 Å². The average molecular weight is 508 g/mol. The predicted octanol–water partition coefficient (Wildman–Crippen LogP) is 5.72. The van der Waals surface area contributed by atoms with E-state index in [1.54, 1.807) is 27.2 Å². The zero-order chi connectivity index (χ0) is 24.9. The molecule has 0 spiro atoms. The molecule has 0 bridgehead atoms. The van der Waals surface area contributed by atoms with E-state index in [1.807, 2.05) is 31.2 Å². The Labute approximate surface area is 217 Å². The summed E-state index contributed by atoms with van der Waals surface area (Å²) in [5.41, 5.74) is 2.47. The summed E-state index contributed by atoms with van der Waals surface area (Å²) in [6, 6.07) is 8.07. The lowest BCUT2D eigenvalue weighted by Crippen LogP contribution is -2.37. The highest BCUT2D eigenvalue weighted by Crippen LogP contribution is 2.33. The van der Waals surface area contributed by atoms with Crippen LogP contribution < -0.4 is 10.9 Å². The zero-order valence-electron chi connectivity index (χ0n) is 21.2. The van der Waals surface area contributed by atoms with Crippen molar-refractivity contribution in [2.45, 2.75) is 101 Å². The van der Waals surface area contributed by atoms with Crippen LogP contribution in [0.25, 0.3) is 16.7 Å². The van der Waals surface area contributed by atoms with E-state index in [9.17, 15) is 9.59 Å². The van der Waals surface area contributed by atoms with Crippen molar-refractivity contribution in [1.29, 1.82) is 0 Å². The Morgan fingerprint density at radius 1 is 1.06 bits per heavy atom. The fraction of sp³-hybridized carbons (Fsp3) is 0.571. The van der Waals surface area contributed by atoms with Crippen LogP contribution in [-0.2, 0) is 4.79 Å². The highest BCUT2D eigenvalue weighted by atomic mass is 32.2. The van der Waals surface area contributed by atoms with Gasteiger partial charge in [0, 0.05) is 18.2 Å². The first-order valence-corrected chi connectivity index (χ1v) is 14.6. The maximum atomic E-state index is 13.5. The Bertz CT molecular complexity index is 1250. The Kier molecular flexibility index (Phi) is 8.09. The molecule has 1 unspecified atom stereocenters. The molecule has 192 valence electrons. The smallest absolute Gasteiger partial charge is 0.265 e. The first-order chi connectivity index (χ1) is 17.6. The summed E-state index contributed by atoms with van der Waals surface area (Å²) in [6.07, 6.45) is 15.6. The van der Waals surface area contributed by atoms with Gasteiger partial charge in [-0.05, 0) is 37.5 Å². The van der Waals surface area contributed by atoms with Crippen LogP contribution in [0.15, 0.2) is 40.4 Å². The molecule has 1 aliphatic heterocycles. The maximum Gasteiger partial charge on any atom is 0.265 e. The maximum absolute atomic E-state index is 13.5. The number of aryl methyl sites for hydroxylation is 1. The Morgan fingerprint density at radius 2 is 1.75 bits per heavy atom. The van der Waals surface area contributed by atoms with Crippen molar-refractivity contribution in [3.05, 3.63) is 46.4 Å². The summed E-state index contributed by atoms with van der Waals surface area (Å²) in [6.45, 7) is 2.03. The van der Waals surface area contributed by atoms with Gasteiger partial charge in [-0.2, -0.15) is 5.10 Å². The molecule has 3 aromatic rings. The van der Waals surface area contributed by atoms with E-state index in [1.165, 1.54) is 57.8 Å². The molecule has 0 radical (unpaired) electrons. The number of rotatable bonds is 4. The second kappa shape index (κ2) is 11.6. The SMILES string of the molecule is Cc1cccc(-n2ncc3c(=O)n4c(nc32)SCC4CC(=O)NC2CCCCCCCCCCC2)c1. The highest BCUT2D eigenvalue weighted by molar-refractivity contribution is 7.99. The van der Waals surface area contributed by atoms with E-state index in [0.29, 0.717) is 28.4 Å². The van der Waals surface area contributed by atoms with E-state index in [4.69, 9.17) is 4.98 Å². The molecular formula is C28H37N5O2S. The van der Waals surface area contributed by atoms with Crippen LogP contribution in [-0.4, -0.2) is 37.0 Å². The van der Waals surface area contributed by atoms with Gasteiger partial charge < -0.3 is 5.32 Å². The third-order valence-electron chi connectivity index (χ3n) is 7.51. The summed E-state index contributed by atoms with van der Waals surface area (Å²) in [5.74, 6) is 0.734. The lowest BCUT2D eigenvalue weighted by Gasteiger charge is -2.21. The van der Waals surface area contributed by atoms with Crippen molar-refractivity contribution in [1.82, 2.24) is 24.6 Å². The minimum Gasteiger partial charge on any atom is -0.353 e. The summed E-state index contributed by atoms with van der Waals surface area (Å²) in [7, 11) is 0. The van der Waals surface area contributed by atoms with Crippen molar-refractivity contribution in [3.8, 4) is 5.69 Å². The van der Waals surface area contributed by atoms with Crippen molar-refractivity contribution in [2.24, 2.45) is 0 Å². The van der Waals surface area contributed by atoms with Crippen LogP contribution in [0.1, 0.15) is 88.7 Å². The lowest BCUT2D eigenvalue weighted by atomic mass is 9.97. The van der Waals surface area contributed by atoms with Crippen LogP contribution >= 0.6 is 11.8 Å². The second-order valence-electron chi connectivity index (χ2n) is 10.4. The molecule has 5 rings (SSSR count). The number of benzene rings is 1. The normalized spacial score (nSPS) is 20.0. The molecule has 1 N–H and O–H groups in total. The molecule has 1 aliphatic carbocycles. The van der Waals surface area contributed by atoms with Crippen LogP contribution in [0.3, 0.4) is 0 Å². The average Bonchev–Trinajstić information content (AvgIpc) is 3.46. The molecule has 1 aromatic carbocycles. The highest BCUT2D eigenvalue weighted by Gasteiger charge is 2.30. The first kappa shape index (κ1) is 25.1. The molecular weight excluding hydrogens is 470 g/mol. The number of nitrogens with zero attached hydrogens (tertiary/aromatic N) is 4. The number of hydrogen-bond acceptors (Lipinski definition) is 5. The van der Waals surface area contributed by atoms with Gasteiger partial charge in [0.1, 0.15) is 5.39 Å². The topological polar surface area (TPSA) is 81.8 Å². The Balaban J connectivity index is 1.29. The third-order valence-corrected chi connectivity index (χ3v) is 8.61. The Morgan fingerprint density at radius 3 is 2.44 bits per heavy atom. The van der Waals surface area contributed by atoms with Crippen molar-refractivity contribution >= 4 is 28.7 Å². The van der Waals surface area contributed by atoms with Gasteiger partial charge in [-0.1, -0.05) is 81.7 Å². The molecule has 36 heavy (non-hydrogen) atoms. The standard InChI is InChI=1S/C28H37N5O2S/c1-20-12-11-15-22(16-20)33-26-24(18-29-33)27(35)32-23(19-36-28(32)31-26)17-25(34)30-21-13-9-7-5-3-2-4-6-8-10-14-21/h11-12,15-16,18,21,23H,2-10,13-14,17,19H2,1H3,(H,30,34). The van der Waals surface area contributed by atoms with E-state index < -0.39 is 0 Å². The van der Waals surface area contributed by atoms with Gasteiger partial charge in [-0.25, -0.2) is 9.67 Å². The van der Waals surface area contributed by atoms with Gasteiger partial charge in [0.15, 0.2) is 10.8 Å². The third kappa shape index (κ3) is 5.69. The van der Waals surface area contributed by atoms with Crippen LogP contribution in [0.5, 0.6) is 0 Å². The summed E-state index contributed by atoms with van der Waals surface area (Å²) < 4.78 is 3.45. The summed E-state index contributed by atoms with van der Waals surface area (Å²) in [5, 5.41) is 8.95. The van der Waals surface area contributed by atoms with Crippen molar-refractivity contribution < 1.29 is 4.79 Å². The number of hydrogen-bond donors (Lipinski definition) is 1. The summed E-state index contributed by atoms with van der Waals surface area (Å²) in [4.78, 5) is 31.3. The fourth-order valence-corrected chi connectivity index (χ4v) is 6.67. The number of amides is 1. The first-order valence-electron chi connectivity index (χ1n) is 13.6. The van der Waals surface area contributed by atoms with E-state index in [0.717, 1.165) is 24.1 Å². The van der Waals surface area contributed by atoms with Crippen molar-refractivity contribution in [3.63, 3.8) is 0 Å². The van der Waals surface area contributed by atoms with Crippen molar-refractivity contribution in [2.75, 3.05) is 5.75 Å². The molecule has 1 amide bonds. The monoisotopic (exact) mass is 507 g/mol. The number of nitrogens with one attached hydrogen (secondary N) is 1. The van der Waals surface area contributed by atoms with Crippen LogP contribution in [0, 0.1) is 6.92 Å². The van der Waals surface area contributed by atoms with Crippen LogP contribution in [0.2, 0.25) is 0 Å². The molecule has 2 aliphatic rings. The van der Waals surface area contributed by atoms with Gasteiger partial charge in [-0.15, -0.1) is 0 Å². The zero-order valence-corrected chi connectivity index (χ0v) is 22.1. The van der Waals surface area contributed by atoms with Gasteiger partial charge in [0.05, 0.1) is 17.9 Å². The van der Waals surface area contributed by atoms with E-state index in [-0.39, 0.29) is 23.6 Å². The minimum absolute atomic E-state index is 0.0491. The number of carbonyl (C=O) groups is 1. The number of fused-ring (bicyclic) bond motifs is 2. The summed E-state index contributed by atoms with van der Waals surface area (Å²) >= 11 is 1.55. The van der Waals surface area contributed by atoms with Gasteiger partial charge in [0.2, 0.25) is 5.91 Å². The quantitative estimate of drug-likeness (QED) is 0.457. The lowest BCUT2D eigenvalue weighted by molar-refractivity contribution is -0.122. The minimum atomic E-state index is -0.178. The molecule has 0 saturated heterocycles. The molecule has 3 heterocycles. The fourth-order valence-electron chi connectivity index (χ4n) is 5.54. The molecule has 1 atom stereocenters. The van der Waals surface area contributed by atoms with Gasteiger partial charge in [0.25, 0.3) is 5.56 Å². The second-order valence-corrected chi connectivity index (χ2v) is 11.4. The van der Waals surface area contributed by atoms with E-state index in [2.05, 4.69) is 10.4 Å². The predicted molar refractivity (Wildman–Crippen MR) is 145 cm³/mol. The van der Waals surface area contributed by atoms with Gasteiger partial charge in [-0.3, -0.25) is 14.2 Å². The number of aromatic nitrogens is 4. The van der Waals surface area contributed by atoms with Crippen LogP contribution in [0.4, 0.5) is 0 Å². The number of carbonyl (C=O) groups excluding carboxylic acids is 1. The largest absolute Gasteiger partial charge is 0.353 e. The molecule has 1 saturated carbocycles. The number of thioether (sulfide) groups is 1. The molecule has 2 aromatic heterocycles. The molecule has 1 fully saturated rings. The molecule has 7 nitrogen and oxygen atoms in total. The van der Waals surface area contributed by atoms with E-state index >= 15 is 0 Å². The molecule has 8 heteroatoms. The Hall–Kier alpha value is -2.61.